The Morgan fingerprint density at radius 3 is 2.52 bits per heavy atom. The molecule has 0 heterocycles. The number of ether oxygens (including phenoxy) is 1. The lowest BCUT2D eigenvalue weighted by atomic mass is 9.86. The molecule has 0 spiro atoms. The molecule has 1 fully saturated rings. The van der Waals surface area contributed by atoms with Gasteiger partial charge in [0.1, 0.15) is 0 Å². The molecular formula is C19H23F3N2O5. The first-order chi connectivity index (χ1) is 13.7. The quantitative estimate of drug-likeness (QED) is 0.371. The number of carbonyl (C=O) groups excluding carboxylic acids is 2. The van der Waals surface area contributed by atoms with Crippen LogP contribution in [-0.2, 0) is 20.5 Å². The molecule has 1 amide bonds. The Morgan fingerprint density at radius 2 is 1.90 bits per heavy atom. The predicted octanol–water partition coefficient (Wildman–Crippen LogP) is 4.85. The third-order valence-corrected chi connectivity index (χ3v) is 4.88. The molecule has 1 N–H and O–H groups in total. The summed E-state index contributed by atoms with van der Waals surface area (Å²) in [5, 5.41) is 12.7. The van der Waals surface area contributed by atoms with E-state index in [1.807, 2.05) is 5.32 Å². The van der Waals surface area contributed by atoms with Gasteiger partial charge in [0.2, 0.25) is 0 Å². The SMILES string of the molecule is O=C(COC(=O)CCCC1CCCCC1)Nc1ccc([N+](=O)[O-])cc1C(F)(F)F. The highest BCUT2D eigenvalue weighted by Gasteiger charge is 2.35. The van der Waals surface area contributed by atoms with Crippen molar-refractivity contribution < 1.29 is 32.4 Å². The molecule has 160 valence electrons. The highest BCUT2D eigenvalue weighted by Crippen LogP contribution is 2.37. The number of hydrogen-bond donors (Lipinski definition) is 1. The van der Waals surface area contributed by atoms with Gasteiger partial charge in [-0.1, -0.05) is 32.1 Å². The molecule has 1 aromatic carbocycles. The van der Waals surface area contributed by atoms with Crippen LogP contribution in [0.3, 0.4) is 0 Å². The van der Waals surface area contributed by atoms with Crippen molar-refractivity contribution in [3.05, 3.63) is 33.9 Å². The zero-order chi connectivity index (χ0) is 21.4. The van der Waals surface area contributed by atoms with E-state index in [0.29, 0.717) is 18.4 Å². The molecule has 1 saturated carbocycles. The summed E-state index contributed by atoms with van der Waals surface area (Å²) in [5.74, 6) is -0.927. The number of carbonyl (C=O) groups is 2. The molecule has 7 nitrogen and oxygen atoms in total. The van der Waals surface area contributed by atoms with Gasteiger partial charge in [0.25, 0.3) is 11.6 Å². The number of nitro groups is 1. The summed E-state index contributed by atoms with van der Waals surface area (Å²) >= 11 is 0. The number of anilines is 1. The molecule has 0 atom stereocenters. The number of nitro benzene ring substituents is 1. The smallest absolute Gasteiger partial charge is 0.418 e. The van der Waals surface area contributed by atoms with E-state index in [9.17, 15) is 32.9 Å². The van der Waals surface area contributed by atoms with Gasteiger partial charge >= 0.3 is 12.1 Å². The second-order valence-electron chi connectivity index (χ2n) is 7.09. The van der Waals surface area contributed by atoms with Crippen LogP contribution in [0.4, 0.5) is 24.5 Å². The second kappa shape index (κ2) is 10.2. The van der Waals surface area contributed by atoms with E-state index in [2.05, 4.69) is 0 Å². The number of alkyl halides is 3. The largest absolute Gasteiger partial charge is 0.456 e. The van der Waals surface area contributed by atoms with Gasteiger partial charge in [-0.05, 0) is 24.8 Å². The summed E-state index contributed by atoms with van der Waals surface area (Å²) in [6, 6.07) is 1.99. The van der Waals surface area contributed by atoms with E-state index in [-0.39, 0.29) is 6.42 Å². The van der Waals surface area contributed by atoms with E-state index in [1.165, 1.54) is 19.3 Å². The number of nitrogens with zero attached hydrogens (tertiary/aromatic N) is 1. The summed E-state index contributed by atoms with van der Waals surface area (Å²) in [4.78, 5) is 33.3. The standard InChI is InChI=1S/C19H23F3N2O5/c20-19(21,22)15-11-14(24(27)28)9-10-16(15)23-17(25)12-29-18(26)8-4-7-13-5-2-1-3-6-13/h9-11,13H,1-8,12H2,(H,23,25). The number of non-ortho nitro benzene ring substituents is 1. The van der Waals surface area contributed by atoms with Crippen LogP contribution in [0.25, 0.3) is 0 Å². The lowest BCUT2D eigenvalue weighted by Crippen LogP contribution is -2.23. The predicted molar refractivity (Wildman–Crippen MR) is 98.1 cm³/mol. The fourth-order valence-electron chi connectivity index (χ4n) is 3.40. The first kappa shape index (κ1) is 22.6. The number of rotatable bonds is 8. The summed E-state index contributed by atoms with van der Waals surface area (Å²) < 4.78 is 44.1. The molecule has 0 unspecified atom stereocenters. The Balaban J connectivity index is 1.82. The fraction of sp³-hybridized carbons (Fsp3) is 0.579. The summed E-state index contributed by atoms with van der Waals surface area (Å²) in [7, 11) is 0. The van der Waals surface area contributed by atoms with Crippen molar-refractivity contribution in [3.63, 3.8) is 0 Å². The van der Waals surface area contributed by atoms with Crippen molar-refractivity contribution in [2.75, 3.05) is 11.9 Å². The van der Waals surface area contributed by atoms with Crippen LogP contribution < -0.4 is 5.32 Å². The van der Waals surface area contributed by atoms with Gasteiger partial charge in [0, 0.05) is 18.6 Å². The summed E-state index contributed by atoms with van der Waals surface area (Å²) in [5.41, 5.74) is -2.74. The van der Waals surface area contributed by atoms with Crippen LogP contribution in [0, 0.1) is 16.0 Å². The Labute approximate surface area is 165 Å². The average Bonchev–Trinajstić information content (AvgIpc) is 2.66. The van der Waals surface area contributed by atoms with Crippen molar-refractivity contribution in [2.24, 2.45) is 5.92 Å². The van der Waals surface area contributed by atoms with Crippen LogP contribution in [0.5, 0.6) is 0 Å². The molecule has 2 rings (SSSR count). The molecule has 29 heavy (non-hydrogen) atoms. The minimum absolute atomic E-state index is 0.148. The zero-order valence-electron chi connectivity index (χ0n) is 15.8. The van der Waals surface area contributed by atoms with Gasteiger partial charge in [0.05, 0.1) is 16.2 Å². The molecule has 0 radical (unpaired) electrons. The maximum Gasteiger partial charge on any atom is 0.418 e. The van der Waals surface area contributed by atoms with Crippen LogP contribution in [0.15, 0.2) is 18.2 Å². The Morgan fingerprint density at radius 1 is 1.21 bits per heavy atom. The van der Waals surface area contributed by atoms with E-state index in [4.69, 9.17) is 4.74 Å². The maximum atomic E-state index is 13.1. The summed E-state index contributed by atoms with van der Waals surface area (Å²) in [6.07, 6.45) is 2.79. The molecule has 0 saturated heterocycles. The van der Waals surface area contributed by atoms with Crippen LogP contribution >= 0.6 is 0 Å². The van der Waals surface area contributed by atoms with Crippen molar-refractivity contribution >= 4 is 23.3 Å². The zero-order valence-corrected chi connectivity index (χ0v) is 15.8. The molecule has 1 aliphatic carbocycles. The van der Waals surface area contributed by atoms with E-state index < -0.39 is 46.5 Å². The molecule has 0 aliphatic heterocycles. The highest BCUT2D eigenvalue weighted by atomic mass is 19.4. The average molecular weight is 416 g/mol. The minimum atomic E-state index is -4.90. The number of amides is 1. The molecule has 1 aromatic rings. The van der Waals surface area contributed by atoms with Crippen molar-refractivity contribution in [1.29, 1.82) is 0 Å². The molecule has 0 bridgehead atoms. The van der Waals surface area contributed by atoms with Crippen LogP contribution in [-0.4, -0.2) is 23.4 Å². The molecule has 0 aromatic heterocycles. The Hall–Kier alpha value is -2.65. The van der Waals surface area contributed by atoms with Crippen molar-refractivity contribution in [2.45, 2.75) is 57.5 Å². The molecular weight excluding hydrogens is 393 g/mol. The topological polar surface area (TPSA) is 98.5 Å². The molecule has 1 aliphatic rings. The third-order valence-electron chi connectivity index (χ3n) is 4.88. The Kier molecular flexibility index (Phi) is 7.98. The van der Waals surface area contributed by atoms with Crippen LogP contribution in [0.2, 0.25) is 0 Å². The lowest BCUT2D eigenvalue weighted by Gasteiger charge is -2.20. The molecule has 10 heteroatoms. The number of benzene rings is 1. The third kappa shape index (κ3) is 7.35. The van der Waals surface area contributed by atoms with Gasteiger partial charge in [-0.25, -0.2) is 0 Å². The summed E-state index contributed by atoms with van der Waals surface area (Å²) in [6.45, 7) is -0.726. The maximum absolute atomic E-state index is 13.1. The van der Waals surface area contributed by atoms with Gasteiger partial charge in [0.15, 0.2) is 6.61 Å². The van der Waals surface area contributed by atoms with Crippen molar-refractivity contribution in [1.82, 2.24) is 0 Å². The van der Waals surface area contributed by atoms with Gasteiger partial charge < -0.3 is 10.1 Å². The normalized spacial score (nSPS) is 15.0. The highest BCUT2D eigenvalue weighted by molar-refractivity contribution is 5.93. The monoisotopic (exact) mass is 416 g/mol. The number of hydrogen-bond acceptors (Lipinski definition) is 5. The second-order valence-corrected chi connectivity index (χ2v) is 7.09. The van der Waals surface area contributed by atoms with E-state index in [1.54, 1.807) is 0 Å². The van der Waals surface area contributed by atoms with Crippen LogP contribution in [0.1, 0.15) is 56.9 Å². The van der Waals surface area contributed by atoms with Crippen molar-refractivity contribution in [3.8, 4) is 0 Å². The first-order valence-corrected chi connectivity index (χ1v) is 9.48. The lowest BCUT2D eigenvalue weighted by molar-refractivity contribution is -0.385. The van der Waals surface area contributed by atoms with E-state index in [0.717, 1.165) is 31.4 Å². The Bertz CT molecular complexity index is 746. The van der Waals surface area contributed by atoms with Gasteiger partial charge in [-0.2, -0.15) is 13.2 Å². The number of halogens is 3. The van der Waals surface area contributed by atoms with Gasteiger partial charge in [-0.3, -0.25) is 19.7 Å². The number of nitrogens with one attached hydrogen (secondary N) is 1. The minimum Gasteiger partial charge on any atom is -0.456 e. The van der Waals surface area contributed by atoms with E-state index >= 15 is 0 Å². The number of esters is 1. The first-order valence-electron chi connectivity index (χ1n) is 9.48. The fourth-order valence-corrected chi connectivity index (χ4v) is 3.40. The van der Waals surface area contributed by atoms with Gasteiger partial charge in [-0.15, -0.1) is 0 Å².